The number of hydrogen-bond acceptors (Lipinski definition) is 4. The van der Waals surface area contributed by atoms with E-state index in [1.807, 2.05) is 26.0 Å². The van der Waals surface area contributed by atoms with Crippen molar-refractivity contribution in [3.8, 4) is 0 Å². The van der Waals surface area contributed by atoms with E-state index in [4.69, 9.17) is 4.74 Å². The van der Waals surface area contributed by atoms with Crippen LogP contribution in [0, 0.1) is 12.7 Å². The highest BCUT2D eigenvalue weighted by Crippen LogP contribution is 2.19. The Morgan fingerprint density at radius 1 is 1.07 bits per heavy atom. The van der Waals surface area contributed by atoms with Crippen LogP contribution in [0.3, 0.4) is 0 Å². The van der Waals surface area contributed by atoms with Gasteiger partial charge in [-0.05, 0) is 50.1 Å². The lowest BCUT2D eigenvalue weighted by molar-refractivity contribution is -0.140. The summed E-state index contributed by atoms with van der Waals surface area (Å²) in [7, 11) is 0. The molecule has 0 saturated heterocycles. The van der Waals surface area contributed by atoms with Crippen molar-refractivity contribution in [1.82, 2.24) is 9.80 Å². The first-order valence-corrected chi connectivity index (χ1v) is 10.6. The highest BCUT2D eigenvalue weighted by atomic mass is 32.1. The number of nitrogens with zero attached hydrogens (tertiary/aromatic N) is 2. The number of carbonyl (C=O) groups excluding carboxylic acids is 2. The predicted octanol–water partition coefficient (Wildman–Crippen LogP) is 4.00. The van der Waals surface area contributed by atoms with Gasteiger partial charge in [-0.3, -0.25) is 9.59 Å². The number of benzene rings is 1. The van der Waals surface area contributed by atoms with Crippen LogP contribution in [0.15, 0.2) is 36.4 Å². The molecule has 7 heteroatoms. The summed E-state index contributed by atoms with van der Waals surface area (Å²) < 4.78 is 18.6. The summed E-state index contributed by atoms with van der Waals surface area (Å²) in [6, 6.07) is 10.2. The van der Waals surface area contributed by atoms with E-state index in [1.165, 1.54) is 23.9 Å². The second kappa shape index (κ2) is 11.7. The fraction of sp³-hybridized carbons (Fsp3) is 0.455. The molecule has 0 saturated carbocycles. The van der Waals surface area contributed by atoms with Crippen LogP contribution in [-0.4, -0.2) is 47.9 Å². The fourth-order valence-corrected chi connectivity index (χ4v) is 3.82. The van der Waals surface area contributed by atoms with Gasteiger partial charge in [0.05, 0.1) is 13.1 Å². The average Bonchev–Trinajstić information content (AvgIpc) is 3.10. The molecule has 2 amide bonds. The smallest absolute Gasteiger partial charge is 0.242 e. The van der Waals surface area contributed by atoms with E-state index in [9.17, 15) is 14.0 Å². The maximum absolute atomic E-state index is 13.2. The molecule has 0 spiro atoms. The van der Waals surface area contributed by atoms with E-state index < -0.39 is 0 Å². The third-order valence-corrected chi connectivity index (χ3v) is 5.46. The first-order chi connectivity index (χ1) is 13.9. The van der Waals surface area contributed by atoms with Crippen LogP contribution in [0.2, 0.25) is 0 Å². The Labute approximate surface area is 176 Å². The largest absolute Gasteiger partial charge is 0.382 e. The number of aryl methyl sites for hydroxylation is 1. The number of halogens is 1. The van der Waals surface area contributed by atoms with Gasteiger partial charge in [-0.25, -0.2) is 4.39 Å². The van der Waals surface area contributed by atoms with Crippen molar-refractivity contribution in [1.29, 1.82) is 0 Å². The summed E-state index contributed by atoms with van der Waals surface area (Å²) in [4.78, 5) is 30.6. The minimum atomic E-state index is -0.308. The minimum Gasteiger partial charge on any atom is -0.382 e. The Bertz CT molecular complexity index is 792. The molecule has 0 fully saturated rings. The van der Waals surface area contributed by atoms with Crippen molar-refractivity contribution in [3.63, 3.8) is 0 Å². The zero-order valence-corrected chi connectivity index (χ0v) is 18.1. The third-order valence-electron chi connectivity index (χ3n) is 4.47. The van der Waals surface area contributed by atoms with Gasteiger partial charge in [0.15, 0.2) is 0 Å². The molecule has 0 radical (unpaired) electrons. The molecule has 0 aliphatic rings. The van der Waals surface area contributed by atoms with Crippen LogP contribution in [-0.2, 0) is 27.4 Å². The molecule has 1 aromatic heterocycles. The van der Waals surface area contributed by atoms with E-state index >= 15 is 0 Å². The highest BCUT2D eigenvalue weighted by molar-refractivity contribution is 7.11. The van der Waals surface area contributed by atoms with Crippen molar-refractivity contribution in [3.05, 3.63) is 57.5 Å². The number of amides is 2. The molecule has 1 heterocycles. The van der Waals surface area contributed by atoms with Gasteiger partial charge in [-0.1, -0.05) is 12.1 Å². The Balaban J connectivity index is 2.08. The van der Waals surface area contributed by atoms with Crippen LogP contribution in [0.1, 0.15) is 35.6 Å². The van der Waals surface area contributed by atoms with Crippen LogP contribution in [0.4, 0.5) is 4.39 Å². The summed E-state index contributed by atoms with van der Waals surface area (Å²) in [5.41, 5.74) is 0.846. The molecule has 2 rings (SSSR count). The van der Waals surface area contributed by atoms with Crippen molar-refractivity contribution < 1.29 is 18.7 Å². The summed E-state index contributed by atoms with van der Waals surface area (Å²) in [5.74, 6) is -0.576. The number of carbonyl (C=O) groups is 2. The molecule has 2 aromatic rings. The Hall–Kier alpha value is -2.25. The van der Waals surface area contributed by atoms with Crippen LogP contribution >= 0.6 is 11.3 Å². The molecule has 5 nitrogen and oxygen atoms in total. The molecule has 0 bridgehead atoms. The maximum atomic E-state index is 13.2. The molecule has 0 atom stereocenters. The Kier molecular flexibility index (Phi) is 9.28. The molecule has 158 valence electrons. The minimum absolute atomic E-state index is 0.0208. The number of thiophene rings is 1. The molecular formula is C22H29FN2O3S. The molecule has 0 unspecified atom stereocenters. The Morgan fingerprint density at radius 2 is 1.79 bits per heavy atom. The quantitative estimate of drug-likeness (QED) is 0.516. The van der Waals surface area contributed by atoms with Crippen molar-refractivity contribution in [2.24, 2.45) is 0 Å². The molecular weight excluding hydrogens is 391 g/mol. The monoisotopic (exact) mass is 420 g/mol. The van der Waals surface area contributed by atoms with Gasteiger partial charge < -0.3 is 14.5 Å². The number of ether oxygens (including phenoxy) is 1. The van der Waals surface area contributed by atoms with E-state index in [2.05, 4.69) is 0 Å². The van der Waals surface area contributed by atoms with Crippen molar-refractivity contribution in [2.45, 2.75) is 40.3 Å². The van der Waals surface area contributed by atoms with Crippen LogP contribution < -0.4 is 0 Å². The third kappa shape index (κ3) is 7.95. The number of hydrogen-bond donors (Lipinski definition) is 0. The van der Waals surface area contributed by atoms with Gasteiger partial charge in [0.2, 0.25) is 11.8 Å². The summed E-state index contributed by atoms with van der Waals surface area (Å²) in [6.45, 7) is 7.92. The highest BCUT2D eigenvalue weighted by Gasteiger charge is 2.20. The lowest BCUT2D eigenvalue weighted by Gasteiger charge is -2.27. The topological polar surface area (TPSA) is 49.9 Å². The van der Waals surface area contributed by atoms with Crippen molar-refractivity contribution in [2.75, 3.05) is 26.3 Å². The molecule has 29 heavy (non-hydrogen) atoms. The zero-order chi connectivity index (χ0) is 21.2. The fourth-order valence-electron chi connectivity index (χ4n) is 2.91. The maximum Gasteiger partial charge on any atom is 0.242 e. The van der Waals surface area contributed by atoms with Crippen molar-refractivity contribution >= 4 is 23.2 Å². The molecule has 0 aliphatic carbocycles. The number of rotatable bonds is 11. The summed E-state index contributed by atoms with van der Waals surface area (Å²) in [5, 5.41) is 0. The van der Waals surface area contributed by atoms with Gasteiger partial charge in [-0.2, -0.15) is 0 Å². The Morgan fingerprint density at radius 3 is 2.38 bits per heavy atom. The van der Waals surface area contributed by atoms with Gasteiger partial charge in [0.1, 0.15) is 5.82 Å². The first kappa shape index (κ1) is 23.0. The van der Waals surface area contributed by atoms with E-state index in [-0.39, 0.29) is 24.2 Å². The first-order valence-electron chi connectivity index (χ1n) is 9.79. The van der Waals surface area contributed by atoms with Gasteiger partial charge in [-0.15, -0.1) is 11.3 Å². The van der Waals surface area contributed by atoms with E-state index in [0.717, 1.165) is 10.4 Å². The lowest BCUT2D eigenvalue weighted by atomic mass is 10.2. The second-order valence-electron chi connectivity index (χ2n) is 6.88. The predicted molar refractivity (Wildman–Crippen MR) is 113 cm³/mol. The normalized spacial score (nSPS) is 10.8. The lowest BCUT2D eigenvalue weighted by Crippen LogP contribution is -2.42. The van der Waals surface area contributed by atoms with Gasteiger partial charge >= 0.3 is 0 Å². The molecule has 0 N–H and O–H groups in total. The van der Waals surface area contributed by atoms with E-state index in [0.29, 0.717) is 39.3 Å². The van der Waals surface area contributed by atoms with Crippen LogP contribution in [0.5, 0.6) is 0 Å². The zero-order valence-electron chi connectivity index (χ0n) is 17.3. The summed E-state index contributed by atoms with van der Waals surface area (Å²) >= 11 is 1.64. The molecule has 0 aliphatic heterocycles. The standard InChI is InChI=1S/C22H29FN2O3S/c1-4-28-13-5-12-24(18(3)26)16-22(27)25(15-21-11-6-17(2)29-21)14-19-7-9-20(23)10-8-19/h6-11H,4-5,12-16H2,1-3H3. The summed E-state index contributed by atoms with van der Waals surface area (Å²) in [6.07, 6.45) is 0.683. The molecule has 1 aromatic carbocycles. The van der Waals surface area contributed by atoms with E-state index in [1.54, 1.807) is 33.3 Å². The SMILES string of the molecule is CCOCCCN(CC(=O)N(Cc1ccc(F)cc1)Cc1ccc(C)s1)C(C)=O. The van der Waals surface area contributed by atoms with Gasteiger partial charge in [0.25, 0.3) is 0 Å². The second-order valence-corrected chi connectivity index (χ2v) is 8.25. The van der Waals surface area contributed by atoms with Gasteiger partial charge in [0, 0.05) is 43.0 Å². The van der Waals surface area contributed by atoms with Crippen LogP contribution in [0.25, 0.3) is 0 Å². The average molecular weight is 421 g/mol.